The lowest BCUT2D eigenvalue weighted by molar-refractivity contribution is 0.669. The van der Waals surface area contributed by atoms with Crippen molar-refractivity contribution in [3.8, 4) is 67.5 Å². The summed E-state index contributed by atoms with van der Waals surface area (Å²) < 4.78 is 6.35. The molecule has 2 aromatic heterocycles. The Balaban J connectivity index is 1.16. The smallest absolute Gasteiger partial charge is 0.187 e. The van der Waals surface area contributed by atoms with Gasteiger partial charge in [0.2, 0.25) is 0 Å². The largest absolute Gasteiger partial charge is 0.456 e. The van der Waals surface area contributed by atoms with E-state index in [9.17, 15) is 0 Å². The number of nitrogens with zero attached hydrogens (tertiary/aromatic N) is 4. The molecule has 0 amide bonds. The second-order valence-corrected chi connectivity index (χ2v) is 12.3. The van der Waals surface area contributed by atoms with Crippen LogP contribution in [0.15, 0.2) is 174 Å². The second kappa shape index (κ2) is 12.7. The van der Waals surface area contributed by atoms with Crippen molar-refractivity contribution in [3.05, 3.63) is 181 Å². The van der Waals surface area contributed by atoms with E-state index in [4.69, 9.17) is 25.9 Å². The van der Waals surface area contributed by atoms with Gasteiger partial charge in [-0.1, -0.05) is 158 Å². The van der Waals surface area contributed by atoms with Gasteiger partial charge in [-0.2, -0.15) is 0 Å². The minimum Gasteiger partial charge on any atom is -0.456 e. The standard InChI is InChI=1S/C46H28N4O/c1-47-37-26-24-31(25-27-37)30-16-20-33(21-17-30)42-38(28-29-41-43(42)39-14-8-9-15-40(39)51-41)32-18-22-36(23-19-32)46-49-44(34-10-4-2-5-11-34)48-45(50-46)35-12-6-3-7-13-35/h2-29H. The van der Waals surface area contributed by atoms with Gasteiger partial charge in [0.05, 0.1) is 6.57 Å². The molecule has 9 rings (SSSR count). The van der Waals surface area contributed by atoms with Gasteiger partial charge < -0.3 is 4.42 Å². The highest BCUT2D eigenvalue weighted by molar-refractivity contribution is 6.16. The first-order chi connectivity index (χ1) is 25.2. The molecule has 51 heavy (non-hydrogen) atoms. The van der Waals surface area contributed by atoms with Crippen LogP contribution in [0.25, 0.3) is 94.3 Å². The van der Waals surface area contributed by atoms with Crippen LogP contribution in [0.2, 0.25) is 0 Å². The Morgan fingerprint density at radius 3 is 1.45 bits per heavy atom. The first kappa shape index (κ1) is 29.9. The van der Waals surface area contributed by atoms with Gasteiger partial charge in [-0.25, -0.2) is 19.8 Å². The lowest BCUT2D eigenvalue weighted by atomic mass is 9.89. The molecule has 0 N–H and O–H groups in total. The van der Waals surface area contributed by atoms with E-state index in [1.807, 2.05) is 97.1 Å². The molecule has 0 radical (unpaired) electrons. The number of hydrogen-bond donors (Lipinski definition) is 0. The van der Waals surface area contributed by atoms with E-state index in [1.165, 1.54) is 0 Å². The van der Waals surface area contributed by atoms with Gasteiger partial charge in [-0.3, -0.25) is 0 Å². The van der Waals surface area contributed by atoms with Crippen LogP contribution in [0.1, 0.15) is 0 Å². The third-order valence-electron chi connectivity index (χ3n) is 9.20. The van der Waals surface area contributed by atoms with E-state index >= 15 is 0 Å². The van der Waals surface area contributed by atoms with Gasteiger partial charge in [0.15, 0.2) is 23.2 Å². The summed E-state index contributed by atoms with van der Waals surface area (Å²) in [5.41, 5.74) is 11.6. The summed E-state index contributed by atoms with van der Waals surface area (Å²) in [6.45, 7) is 7.29. The molecule has 0 aliphatic heterocycles. The Kier molecular flexibility index (Phi) is 7.46. The fraction of sp³-hybridized carbons (Fsp3) is 0. The van der Waals surface area contributed by atoms with Gasteiger partial charge in [0.25, 0.3) is 0 Å². The Bertz CT molecular complexity index is 2650. The van der Waals surface area contributed by atoms with E-state index in [-0.39, 0.29) is 0 Å². The van der Waals surface area contributed by atoms with E-state index in [0.29, 0.717) is 23.2 Å². The van der Waals surface area contributed by atoms with Crippen LogP contribution in [0, 0.1) is 6.57 Å². The van der Waals surface area contributed by atoms with Crippen molar-refractivity contribution in [3.63, 3.8) is 0 Å². The SMILES string of the molecule is [C-]#[N+]c1ccc(-c2ccc(-c3c(-c4ccc(-c5nc(-c6ccccc6)nc(-c6ccccc6)n5)cc4)ccc4oc5ccccc5c34)cc2)cc1. The van der Waals surface area contributed by atoms with Crippen molar-refractivity contribution in [2.24, 2.45) is 0 Å². The number of para-hydroxylation sites is 1. The molecule has 5 nitrogen and oxygen atoms in total. The van der Waals surface area contributed by atoms with Gasteiger partial charge in [0, 0.05) is 33.0 Å². The second-order valence-electron chi connectivity index (χ2n) is 12.3. The van der Waals surface area contributed by atoms with Crippen LogP contribution in [-0.2, 0) is 0 Å². The minimum absolute atomic E-state index is 0.616. The van der Waals surface area contributed by atoms with E-state index in [0.717, 1.165) is 72.0 Å². The van der Waals surface area contributed by atoms with Crippen molar-refractivity contribution in [2.75, 3.05) is 0 Å². The molecule has 0 spiro atoms. The molecule has 2 heterocycles. The van der Waals surface area contributed by atoms with Gasteiger partial charge in [0.1, 0.15) is 11.2 Å². The zero-order chi connectivity index (χ0) is 34.1. The van der Waals surface area contributed by atoms with Crippen molar-refractivity contribution < 1.29 is 4.42 Å². The number of aromatic nitrogens is 3. The van der Waals surface area contributed by atoms with Gasteiger partial charge >= 0.3 is 0 Å². The number of furan rings is 1. The maximum absolute atomic E-state index is 7.29. The quantitative estimate of drug-likeness (QED) is 0.168. The average molecular weight is 653 g/mol. The maximum atomic E-state index is 7.29. The molecule has 5 heteroatoms. The van der Waals surface area contributed by atoms with Gasteiger partial charge in [-0.15, -0.1) is 0 Å². The molecule has 0 atom stereocenters. The first-order valence-corrected chi connectivity index (χ1v) is 16.7. The Hall–Kier alpha value is -7.16. The summed E-state index contributed by atoms with van der Waals surface area (Å²) in [5, 5.41) is 2.16. The predicted molar refractivity (Wildman–Crippen MR) is 206 cm³/mol. The molecule has 0 saturated heterocycles. The highest BCUT2D eigenvalue weighted by atomic mass is 16.3. The van der Waals surface area contributed by atoms with E-state index in [1.54, 1.807) is 0 Å². The molecule has 0 aliphatic carbocycles. The molecule has 238 valence electrons. The van der Waals surface area contributed by atoms with Crippen LogP contribution in [0.3, 0.4) is 0 Å². The van der Waals surface area contributed by atoms with Crippen molar-refractivity contribution in [2.45, 2.75) is 0 Å². The summed E-state index contributed by atoms with van der Waals surface area (Å²) in [4.78, 5) is 18.2. The third kappa shape index (κ3) is 5.61. The Morgan fingerprint density at radius 1 is 0.392 bits per heavy atom. The van der Waals surface area contributed by atoms with Gasteiger partial charge in [-0.05, 0) is 39.9 Å². The normalized spacial score (nSPS) is 11.1. The molecule has 0 bridgehead atoms. The average Bonchev–Trinajstić information content (AvgIpc) is 3.60. The lowest BCUT2D eigenvalue weighted by Crippen LogP contribution is -2.00. The van der Waals surface area contributed by atoms with Crippen LogP contribution >= 0.6 is 0 Å². The van der Waals surface area contributed by atoms with Crippen molar-refractivity contribution >= 4 is 27.6 Å². The fourth-order valence-corrected chi connectivity index (χ4v) is 6.65. The van der Waals surface area contributed by atoms with Crippen LogP contribution in [0.4, 0.5) is 5.69 Å². The fourth-order valence-electron chi connectivity index (χ4n) is 6.65. The molecule has 0 aliphatic rings. The maximum Gasteiger partial charge on any atom is 0.187 e. The minimum atomic E-state index is 0.616. The highest BCUT2D eigenvalue weighted by Crippen LogP contribution is 2.43. The van der Waals surface area contributed by atoms with Crippen LogP contribution < -0.4 is 0 Å². The molecule has 7 aromatic carbocycles. The summed E-state index contributed by atoms with van der Waals surface area (Å²) in [6.07, 6.45) is 0. The topological polar surface area (TPSA) is 56.2 Å². The molecule has 0 unspecified atom stereocenters. The third-order valence-corrected chi connectivity index (χ3v) is 9.20. The monoisotopic (exact) mass is 652 g/mol. The number of fused-ring (bicyclic) bond motifs is 3. The summed E-state index contributed by atoms with van der Waals surface area (Å²) >= 11 is 0. The number of hydrogen-bond acceptors (Lipinski definition) is 4. The highest BCUT2D eigenvalue weighted by Gasteiger charge is 2.19. The van der Waals surface area contributed by atoms with Crippen LogP contribution in [-0.4, -0.2) is 15.0 Å². The molecule has 0 fully saturated rings. The zero-order valence-corrected chi connectivity index (χ0v) is 27.4. The predicted octanol–water partition coefficient (Wildman–Crippen LogP) is 12.3. The molecule has 9 aromatic rings. The first-order valence-electron chi connectivity index (χ1n) is 16.7. The molecule has 0 saturated carbocycles. The van der Waals surface area contributed by atoms with Crippen molar-refractivity contribution in [1.82, 2.24) is 15.0 Å². The number of rotatable bonds is 6. The summed E-state index contributed by atoms with van der Waals surface area (Å²) in [7, 11) is 0. The molecular weight excluding hydrogens is 625 g/mol. The van der Waals surface area contributed by atoms with E-state index in [2.05, 4.69) is 77.6 Å². The van der Waals surface area contributed by atoms with E-state index < -0.39 is 0 Å². The number of benzene rings is 7. The van der Waals surface area contributed by atoms with Crippen LogP contribution in [0.5, 0.6) is 0 Å². The Morgan fingerprint density at radius 2 is 0.863 bits per heavy atom. The summed E-state index contributed by atoms with van der Waals surface area (Å²) in [5.74, 6) is 1.88. The van der Waals surface area contributed by atoms with Crippen molar-refractivity contribution in [1.29, 1.82) is 0 Å². The molecular formula is C46H28N4O. The zero-order valence-electron chi connectivity index (χ0n) is 27.4. The Labute approximate surface area is 295 Å². The summed E-state index contributed by atoms with van der Waals surface area (Å²) in [6, 6.07) is 57.3. The lowest BCUT2D eigenvalue weighted by Gasteiger charge is -2.14.